The Morgan fingerprint density at radius 1 is 1.27 bits per heavy atom. The van der Waals surface area contributed by atoms with E-state index in [1.54, 1.807) is 13.0 Å². The summed E-state index contributed by atoms with van der Waals surface area (Å²) in [5.41, 5.74) is 0.519. The van der Waals surface area contributed by atoms with Crippen molar-refractivity contribution in [2.75, 3.05) is 17.2 Å². The fraction of sp³-hybridized carbons (Fsp3) is 0.167. The predicted octanol–water partition coefficient (Wildman–Crippen LogP) is -0.0464. The van der Waals surface area contributed by atoms with Crippen molar-refractivity contribution in [3.05, 3.63) is 29.8 Å². The lowest BCUT2D eigenvalue weighted by molar-refractivity contribution is -0.152. The molecule has 0 saturated heterocycles. The van der Waals surface area contributed by atoms with E-state index in [-0.39, 0.29) is 23.8 Å². The molecule has 0 spiro atoms. The molecular weight excluding hydrogens is 292 g/mol. The maximum absolute atomic E-state index is 11.9. The van der Waals surface area contributed by atoms with Gasteiger partial charge in [0.25, 0.3) is 11.9 Å². The minimum Gasteiger partial charge on any atom is -0.459 e. The maximum atomic E-state index is 11.9. The number of anilines is 2. The van der Waals surface area contributed by atoms with E-state index in [0.29, 0.717) is 0 Å². The molecule has 0 aliphatic rings. The number of carbonyl (C=O) groups is 3. The van der Waals surface area contributed by atoms with E-state index in [2.05, 4.69) is 36.0 Å². The van der Waals surface area contributed by atoms with Crippen LogP contribution in [-0.2, 0) is 14.3 Å². The van der Waals surface area contributed by atoms with E-state index >= 15 is 0 Å². The summed E-state index contributed by atoms with van der Waals surface area (Å²) in [6.07, 6.45) is 0. The second-order valence-corrected chi connectivity index (χ2v) is 3.94. The van der Waals surface area contributed by atoms with Crippen LogP contribution in [0, 0.1) is 0 Å². The third-order valence-corrected chi connectivity index (χ3v) is 2.41. The average molecular weight is 304 g/mol. The van der Waals surface area contributed by atoms with Crippen LogP contribution in [0.1, 0.15) is 17.3 Å². The molecule has 1 aromatic heterocycles. The van der Waals surface area contributed by atoms with Crippen molar-refractivity contribution in [2.24, 2.45) is 0 Å². The van der Waals surface area contributed by atoms with Crippen molar-refractivity contribution in [3.63, 3.8) is 0 Å². The lowest BCUT2D eigenvalue weighted by Gasteiger charge is -2.06. The van der Waals surface area contributed by atoms with Crippen LogP contribution in [-0.4, -0.2) is 45.0 Å². The molecule has 2 rings (SSSR count). The molecule has 3 N–H and O–H groups in total. The van der Waals surface area contributed by atoms with Crippen LogP contribution in [0.15, 0.2) is 24.3 Å². The smallest absolute Gasteiger partial charge is 0.397 e. The standard InChI is InChI=1S/C12H12N6O4/c1-2-22-11(21)10(20)13-8-5-3-4-7(6-8)9(19)14-12-15-17-18-16-12/h3-6H,2H2,1H3,(H,13,20)(H2,14,15,16,17,18,19). The molecule has 0 atom stereocenters. The third kappa shape index (κ3) is 3.85. The zero-order chi connectivity index (χ0) is 15.9. The fourth-order valence-electron chi connectivity index (χ4n) is 1.51. The van der Waals surface area contributed by atoms with Gasteiger partial charge in [0.15, 0.2) is 0 Å². The molecule has 0 bridgehead atoms. The molecule has 1 heterocycles. The van der Waals surface area contributed by atoms with Crippen molar-refractivity contribution in [1.82, 2.24) is 20.6 Å². The number of aromatic amines is 1. The van der Waals surface area contributed by atoms with Crippen LogP contribution in [0.3, 0.4) is 0 Å². The van der Waals surface area contributed by atoms with Gasteiger partial charge in [0.1, 0.15) is 0 Å². The molecule has 0 aliphatic carbocycles. The number of esters is 1. The second-order valence-electron chi connectivity index (χ2n) is 3.94. The lowest BCUT2D eigenvalue weighted by atomic mass is 10.2. The average Bonchev–Trinajstić information content (AvgIpc) is 3.00. The molecule has 0 radical (unpaired) electrons. The first-order valence-corrected chi connectivity index (χ1v) is 6.23. The number of tetrazole rings is 1. The molecule has 10 nitrogen and oxygen atoms in total. The first-order valence-electron chi connectivity index (χ1n) is 6.23. The highest BCUT2D eigenvalue weighted by molar-refractivity contribution is 6.37. The molecule has 0 fully saturated rings. The van der Waals surface area contributed by atoms with Crippen LogP contribution in [0.2, 0.25) is 0 Å². The van der Waals surface area contributed by atoms with Gasteiger partial charge >= 0.3 is 11.9 Å². The topological polar surface area (TPSA) is 139 Å². The number of rotatable bonds is 4. The van der Waals surface area contributed by atoms with Gasteiger partial charge in [-0.2, -0.15) is 5.21 Å². The minimum atomic E-state index is -0.996. The first kappa shape index (κ1) is 15.1. The Labute approximate surface area is 124 Å². The number of ether oxygens (including phenoxy) is 1. The molecular formula is C12H12N6O4. The Kier molecular flexibility index (Phi) is 4.75. The summed E-state index contributed by atoms with van der Waals surface area (Å²) in [6.45, 7) is 1.69. The van der Waals surface area contributed by atoms with Gasteiger partial charge in [-0.3, -0.25) is 14.9 Å². The number of carbonyl (C=O) groups excluding carboxylic acids is 3. The normalized spacial score (nSPS) is 9.86. The number of benzene rings is 1. The monoisotopic (exact) mass is 304 g/mol. The Hall–Kier alpha value is -3.30. The fourth-order valence-corrected chi connectivity index (χ4v) is 1.51. The summed E-state index contributed by atoms with van der Waals surface area (Å²) >= 11 is 0. The molecule has 0 unspecified atom stereocenters. The van der Waals surface area contributed by atoms with Gasteiger partial charge in [-0.05, 0) is 30.3 Å². The maximum Gasteiger partial charge on any atom is 0.397 e. The first-order chi connectivity index (χ1) is 10.6. The number of H-pyrrole nitrogens is 1. The zero-order valence-electron chi connectivity index (χ0n) is 11.5. The lowest BCUT2D eigenvalue weighted by Crippen LogP contribution is -2.25. The van der Waals surface area contributed by atoms with Gasteiger partial charge in [0, 0.05) is 11.3 Å². The van der Waals surface area contributed by atoms with Crippen molar-refractivity contribution >= 4 is 29.4 Å². The van der Waals surface area contributed by atoms with Crippen LogP contribution < -0.4 is 10.6 Å². The van der Waals surface area contributed by atoms with E-state index in [4.69, 9.17) is 0 Å². The highest BCUT2D eigenvalue weighted by Gasteiger charge is 2.16. The largest absolute Gasteiger partial charge is 0.459 e. The summed E-state index contributed by atoms with van der Waals surface area (Å²) < 4.78 is 4.57. The van der Waals surface area contributed by atoms with Gasteiger partial charge in [0.2, 0.25) is 0 Å². The van der Waals surface area contributed by atoms with Gasteiger partial charge in [-0.1, -0.05) is 11.2 Å². The van der Waals surface area contributed by atoms with Crippen LogP contribution >= 0.6 is 0 Å². The molecule has 0 saturated carbocycles. The van der Waals surface area contributed by atoms with Gasteiger partial charge in [0.05, 0.1) is 6.61 Å². The third-order valence-electron chi connectivity index (χ3n) is 2.41. The zero-order valence-corrected chi connectivity index (χ0v) is 11.5. The van der Waals surface area contributed by atoms with E-state index < -0.39 is 17.8 Å². The number of hydrogen-bond donors (Lipinski definition) is 3. The summed E-state index contributed by atoms with van der Waals surface area (Å²) in [5, 5.41) is 17.4. The van der Waals surface area contributed by atoms with E-state index in [1.165, 1.54) is 18.2 Å². The van der Waals surface area contributed by atoms with Crippen molar-refractivity contribution < 1.29 is 19.1 Å². The van der Waals surface area contributed by atoms with Crippen LogP contribution in [0.4, 0.5) is 11.6 Å². The summed E-state index contributed by atoms with van der Waals surface area (Å²) in [4.78, 5) is 34.7. The van der Waals surface area contributed by atoms with Gasteiger partial charge < -0.3 is 10.1 Å². The van der Waals surface area contributed by atoms with Crippen molar-refractivity contribution in [1.29, 1.82) is 0 Å². The molecule has 0 aliphatic heterocycles. The summed E-state index contributed by atoms with van der Waals surface area (Å²) in [7, 11) is 0. The van der Waals surface area contributed by atoms with Crippen molar-refractivity contribution in [3.8, 4) is 0 Å². The highest BCUT2D eigenvalue weighted by atomic mass is 16.5. The minimum absolute atomic E-state index is 0.0194. The molecule has 10 heteroatoms. The molecule has 2 amide bonds. The summed E-state index contributed by atoms with van der Waals surface area (Å²) in [5.74, 6) is -2.39. The Bertz CT molecular complexity index is 685. The summed E-state index contributed by atoms with van der Waals surface area (Å²) in [6, 6.07) is 6.00. The molecule has 2 aromatic rings. The van der Waals surface area contributed by atoms with E-state index in [1.807, 2.05) is 0 Å². The van der Waals surface area contributed by atoms with E-state index in [0.717, 1.165) is 0 Å². The Morgan fingerprint density at radius 2 is 2.09 bits per heavy atom. The second kappa shape index (κ2) is 6.92. The van der Waals surface area contributed by atoms with Crippen molar-refractivity contribution in [2.45, 2.75) is 6.92 Å². The molecule has 114 valence electrons. The molecule has 22 heavy (non-hydrogen) atoms. The molecule has 1 aromatic carbocycles. The number of nitrogens with one attached hydrogen (secondary N) is 3. The number of amides is 2. The Balaban J connectivity index is 2.05. The highest BCUT2D eigenvalue weighted by Crippen LogP contribution is 2.12. The van der Waals surface area contributed by atoms with Gasteiger partial charge in [-0.15, -0.1) is 5.10 Å². The van der Waals surface area contributed by atoms with E-state index in [9.17, 15) is 14.4 Å². The number of aromatic nitrogens is 4. The van der Waals surface area contributed by atoms with Crippen LogP contribution in [0.5, 0.6) is 0 Å². The Morgan fingerprint density at radius 3 is 2.77 bits per heavy atom. The SMILES string of the molecule is CCOC(=O)C(=O)Nc1cccc(C(=O)Nc2nn[nH]n2)c1. The number of hydrogen-bond acceptors (Lipinski definition) is 7. The predicted molar refractivity (Wildman–Crippen MR) is 73.8 cm³/mol. The van der Waals surface area contributed by atoms with Gasteiger partial charge in [-0.25, -0.2) is 4.79 Å². The number of nitrogens with zero attached hydrogens (tertiary/aromatic N) is 3. The van der Waals surface area contributed by atoms with Crippen LogP contribution in [0.25, 0.3) is 0 Å². The quantitative estimate of drug-likeness (QED) is 0.531.